The second-order valence-electron chi connectivity index (χ2n) is 8.98. The Morgan fingerprint density at radius 1 is 0.486 bits per heavy atom. The van der Waals surface area contributed by atoms with Gasteiger partial charge in [0.2, 0.25) is 0 Å². The van der Waals surface area contributed by atoms with Crippen LogP contribution in [0, 0.1) is 0 Å². The Kier molecular flexibility index (Phi) is 4.51. The van der Waals surface area contributed by atoms with E-state index in [1.165, 1.54) is 54.2 Å². The molecule has 0 spiro atoms. The molecule has 7 aromatic carbocycles. The van der Waals surface area contributed by atoms with E-state index in [1.54, 1.807) is 0 Å². The van der Waals surface area contributed by atoms with E-state index >= 15 is 0 Å². The first kappa shape index (κ1) is 20.1. The molecule has 2 nitrogen and oxygen atoms in total. The van der Waals surface area contributed by atoms with E-state index in [4.69, 9.17) is 9.68 Å². The monoisotopic (exact) mass is 448 g/mol. The van der Waals surface area contributed by atoms with Crippen molar-refractivity contribution < 1.29 is 9.68 Å². The summed E-state index contributed by atoms with van der Waals surface area (Å²) in [6, 6.07) is 41.1. The SMILES string of the molecule is OBOc1ccc2cc(-c3cc4c5ccccc5c5ccccc5c4c4ccccc34)ccc2c1. The number of hydrogen-bond acceptors (Lipinski definition) is 2. The lowest BCUT2D eigenvalue weighted by atomic mass is 9.87. The van der Waals surface area contributed by atoms with Gasteiger partial charge < -0.3 is 9.68 Å². The van der Waals surface area contributed by atoms with E-state index in [-0.39, 0.29) is 7.69 Å². The molecule has 35 heavy (non-hydrogen) atoms. The van der Waals surface area contributed by atoms with Crippen molar-refractivity contribution in [3.05, 3.63) is 115 Å². The molecular formula is C32H21BO2. The number of hydrogen-bond donors (Lipinski definition) is 1. The van der Waals surface area contributed by atoms with Gasteiger partial charge in [0.05, 0.1) is 0 Å². The van der Waals surface area contributed by atoms with Crippen molar-refractivity contribution >= 4 is 61.5 Å². The van der Waals surface area contributed by atoms with E-state index in [0.717, 1.165) is 10.8 Å². The third-order valence-electron chi connectivity index (χ3n) is 7.10. The molecule has 0 saturated carbocycles. The van der Waals surface area contributed by atoms with Crippen LogP contribution in [-0.2, 0) is 0 Å². The minimum Gasteiger partial charge on any atom is -0.539 e. The zero-order valence-corrected chi connectivity index (χ0v) is 19.0. The molecule has 0 heterocycles. The summed E-state index contributed by atoms with van der Waals surface area (Å²) in [7, 11) is -0.324. The van der Waals surface area contributed by atoms with Gasteiger partial charge in [-0.2, -0.15) is 0 Å². The van der Waals surface area contributed by atoms with E-state index in [2.05, 4.69) is 103 Å². The summed E-state index contributed by atoms with van der Waals surface area (Å²) >= 11 is 0. The Bertz CT molecular complexity index is 1920. The van der Waals surface area contributed by atoms with Gasteiger partial charge in [0, 0.05) is 0 Å². The Morgan fingerprint density at radius 2 is 1.03 bits per heavy atom. The standard InChI is InChI=1S/C32H21BO2/c34-33-35-23-16-15-20-17-22(14-13-21(20)18-23)30-19-31-26-9-2-1-7-24(26)25-8-3-5-11-28(25)32(31)29-12-6-4-10-27(29)30/h1-19,33-34H. The van der Waals surface area contributed by atoms with Crippen molar-refractivity contribution in [3.63, 3.8) is 0 Å². The van der Waals surface area contributed by atoms with Crippen LogP contribution in [-0.4, -0.2) is 12.7 Å². The van der Waals surface area contributed by atoms with Crippen molar-refractivity contribution in [2.75, 3.05) is 0 Å². The first-order valence-corrected chi connectivity index (χ1v) is 11.8. The largest absolute Gasteiger partial charge is 0.539 e. The summed E-state index contributed by atoms with van der Waals surface area (Å²) in [5.41, 5.74) is 2.41. The second kappa shape index (κ2) is 7.87. The number of rotatable bonds is 3. The van der Waals surface area contributed by atoms with Gasteiger partial charge in [0.25, 0.3) is 0 Å². The van der Waals surface area contributed by atoms with E-state index in [1.807, 2.05) is 12.1 Å². The molecule has 0 aliphatic rings. The summed E-state index contributed by atoms with van der Waals surface area (Å²) in [5, 5.41) is 21.6. The summed E-state index contributed by atoms with van der Waals surface area (Å²) in [5.74, 6) is 0.669. The molecule has 0 aliphatic heterocycles. The zero-order valence-electron chi connectivity index (χ0n) is 19.0. The maximum Gasteiger partial charge on any atom is 0.504 e. The third kappa shape index (κ3) is 3.09. The van der Waals surface area contributed by atoms with Crippen LogP contribution in [0.1, 0.15) is 0 Å². The molecule has 0 saturated heterocycles. The van der Waals surface area contributed by atoms with Crippen LogP contribution in [0.5, 0.6) is 5.75 Å². The van der Waals surface area contributed by atoms with Crippen molar-refractivity contribution in [2.24, 2.45) is 0 Å². The molecule has 0 bridgehead atoms. The molecule has 0 unspecified atom stereocenters. The molecule has 0 fully saturated rings. The van der Waals surface area contributed by atoms with E-state index in [0.29, 0.717) is 5.75 Å². The van der Waals surface area contributed by atoms with Crippen LogP contribution >= 0.6 is 0 Å². The summed E-state index contributed by atoms with van der Waals surface area (Å²) in [4.78, 5) is 0. The molecule has 164 valence electrons. The highest BCUT2D eigenvalue weighted by atomic mass is 16.5. The van der Waals surface area contributed by atoms with E-state index in [9.17, 15) is 0 Å². The molecule has 7 rings (SSSR count). The second-order valence-corrected chi connectivity index (χ2v) is 8.98. The first-order valence-electron chi connectivity index (χ1n) is 11.8. The molecule has 3 heteroatoms. The van der Waals surface area contributed by atoms with Crippen molar-refractivity contribution in [2.45, 2.75) is 0 Å². The molecule has 0 radical (unpaired) electrons. The van der Waals surface area contributed by atoms with Gasteiger partial charge in [-0.1, -0.05) is 91.0 Å². The van der Waals surface area contributed by atoms with Crippen molar-refractivity contribution in [1.82, 2.24) is 0 Å². The topological polar surface area (TPSA) is 29.5 Å². The lowest BCUT2D eigenvalue weighted by molar-refractivity contribution is 0.454. The Labute approximate surface area is 203 Å². The highest BCUT2D eigenvalue weighted by Gasteiger charge is 2.15. The number of benzene rings is 7. The summed E-state index contributed by atoms with van der Waals surface area (Å²) in [6.45, 7) is 0. The highest BCUT2D eigenvalue weighted by Crippen LogP contribution is 2.43. The van der Waals surface area contributed by atoms with Crippen LogP contribution in [0.15, 0.2) is 115 Å². The maximum absolute atomic E-state index is 9.09. The normalized spacial score (nSPS) is 11.6. The van der Waals surface area contributed by atoms with Crippen molar-refractivity contribution in [3.8, 4) is 16.9 Å². The number of fused-ring (bicyclic) bond motifs is 9. The minimum atomic E-state index is -0.324. The lowest BCUT2D eigenvalue weighted by Gasteiger charge is -2.16. The van der Waals surface area contributed by atoms with Gasteiger partial charge in [-0.15, -0.1) is 0 Å². The fourth-order valence-electron chi connectivity index (χ4n) is 5.56. The van der Waals surface area contributed by atoms with Gasteiger partial charge >= 0.3 is 7.69 Å². The molecule has 0 aromatic heterocycles. The fraction of sp³-hybridized carbons (Fsp3) is 0. The average molecular weight is 448 g/mol. The van der Waals surface area contributed by atoms with Crippen molar-refractivity contribution in [1.29, 1.82) is 0 Å². The minimum absolute atomic E-state index is 0.324. The van der Waals surface area contributed by atoms with Crippen LogP contribution in [0.25, 0.3) is 65.0 Å². The quantitative estimate of drug-likeness (QED) is 0.221. The van der Waals surface area contributed by atoms with Gasteiger partial charge in [-0.05, 0) is 89.3 Å². The molecule has 0 atom stereocenters. The Balaban J connectivity index is 1.60. The third-order valence-corrected chi connectivity index (χ3v) is 7.10. The van der Waals surface area contributed by atoms with Crippen LogP contribution < -0.4 is 4.65 Å². The first-order chi connectivity index (χ1) is 17.3. The Morgan fingerprint density at radius 3 is 1.74 bits per heavy atom. The van der Waals surface area contributed by atoms with Gasteiger partial charge in [0.15, 0.2) is 0 Å². The smallest absolute Gasteiger partial charge is 0.504 e. The predicted molar refractivity (Wildman–Crippen MR) is 149 cm³/mol. The highest BCUT2D eigenvalue weighted by molar-refractivity contribution is 6.33. The lowest BCUT2D eigenvalue weighted by Crippen LogP contribution is -1.99. The van der Waals surface area contributed by atoms with Crippen LogP contribution in [0.2, 0.25) is 0 Å². The van der Waals surface area contributed by atoms with Crippen LogP contribution in [0.3, 0.4) is 0 Å². The summed E-state index contributed by atoms with van der Waals surface area (Å²) < 4.78 is 5.27. The maximum atomic E-state index is 9.09. The van der Waals surface area contributed by atoms with Gasteiger partial charge in [-0.3, -0.25) is 0 Å². The van der Waals surface area contributed by atoms with E-state index < -0.39 is 0 Å². The van der Waals surface area contributed by atoms with Gasteiger partial charge in [0.1, 0.15) is 5.75 Å². The molecule has 0 amide bonds. The molecular weight excluding hydrogens is 427 g/mol. The molecule has 0 aliphatic carbocycles. The van der Waals surface area contributed by atoms with Gasteiger partial charge in [-0.25, -0.2) is 0 Å². The summed E-state index contributed by atoms with van der Waals surface area (Å²) in [6.07, 6.45) is 0. The fourth-order valence-corrected chi connectivity index (χ4v) is 5.56. The predicted octanol–water partition coefficient (Wildman–Crippen LogP) is 7.76. The van der Waals surface area contributed by atoms with Crippen LogP contribution in [0.4, 0.5) is 0 Å². The molecule has 7 aromatic rings. The molecule has 1 N–H and O–H groups in total. The Hall–Kier alpha value is -4.34. The zero-order chi connectivity index (χ0) is 23.4. The average Bonchev–Trinajstić information content (AvgIpc) is 2.92.